The van der Waals surface area contributed by atoms with Crippen molar-refractivity contribution in [1.82, 2.24) is 9.97 Å². The number of imidazole rings is 1. The zero-order valence-electron chi connectivity index (χ0n) is 14.0. The normalized spacial score (nSPS) is 11.7. The van der Waals surface area contributed by atoms with Crippen molar-refractivity contribution in [2.45, 2.75) is 25.7 Å². The summed E-state index contributed by atoms with van der Waals surface area (Å²) < 4.78 is 33.3. The van der Waals surface area contributed by atoms with Crippen LogP contribution in [0.5, 0.6) is 5.75 Å². The first-order valence-corrected chi connectivity index (χ1v) is 8.93. The first-order valence-electron chi connectivity index (χ1n) is 7.44. The summed E-state index contributed by atoms with van der Waals surface area (Å²) in [5, 5.41) is 0. The van der Waals surface area contributed by atoms with Crippen molar-refractivity contribution in [1.29, 1.82) is 0 Å². The van der Waals surface area contributed by atoms with E-state index >= 15 is 0 Å². The standard InChI is InChI=1S/C17H19N3O3S/c1-10-8-17(11(2)7-16(10)23-4)24(21,22)20-13-5-6-14-15(9-13)19-12(3)18-14/h5-9,20H,1-4H3,(H,18,19). The molecule has 2 aromatic carbocycles. The summed E-state index contributed by atoms with van der Waals surface area (Å²) >= 11 is 0. The van der Waals surface area contributed by atoms with E-state index in [4.69, 9.17) is 4.74 Å². The Balaban J connectivity index is 1.99. The van der Waals surface area contributed by atoms with Gasteiger partial charge >= 0.3 is 0 Å². The van der Waals surface area contributed by atoms with Gasteiger partial charge in [-0.15, -0.1) is 0 Å². The minimum Gasteiger partial charge on any atom is -0.496 e. The van der Waals surface area contributed by atoms with Gasteiger partial charge in [0.1, 0.15) is 11.6 Å². The lowest BCUT2D eigenvalue weighted by atomic mass is 10.1. The Morgan fingerprint density at radius 2 is 1.83 bits per heavy atom. The minimum atomic E-state index is -3.69. The molecule has 7 heteroatoms. The summed E-state index contributed by atoms with van der Waals surface area (Å²) in [6, 6.07) is 8.56. The SMILES string of the molecule is COc1cc(C)c(S(=O)(=O)Nc2ccc3nc(C)[nH]c3c2)cc1C. The number of H-pyrrole nitrogens is 1. The zero-order chi connectivity index (χ0) is 17.5. The summed E-state index contributed by atoms with van der Waals surface area (Å²) in [6.07, 6.45) is 0. The first-order chi connectivity index (χ1) is 11.3. The molecular weight excluding hydrogens is 326 g/mol. The molecule has 24 heavy (non-hydrogen) atoms. The van der Waals surface area contributed by atoms with E-state index in [0.29, 0.717) is 17.0 Å². The van der Waals surface area contributed by atoms with Crippen LogP contribution in [0.1, 0.15) is 17.0 Å². The highest BCUT2D eigenvalue weighted by Crippen LogP contribution is 2.27. The smallest absolute Gasteiger partial charge is 0.262 e. The van der Waals surface area contributed by atoms with E-state index in [0.717, 1.165) is 22.4 Å². The van der Waals surface area contributed by atoms with E-state index in [-0.39, 0.29) is 4.90 Å². The molecule has 6 nitrogen and oxygen atoms in total. The second-order valence-electron chi connectivity index (χ2n) is 5.75. The third-order valence-corrected chi connectivity index (χ3v) is 5.36. The number of rotatable bonds is 4. The Hall–Kier alpha value is -2.54. The molecule has 3 aromatic rings. The summed E-state index contributed by atoms with van der Waals surface area (Å²) in [7, 11) is -2.13. The number of benzene rings is 2. The second kappa shape index (κ2) is 5.83. The first kappa shape index (κ1) is 16.3. The van der Waals surface area contributed by atoms with E-state index < -0.39 is 10.0 Å². The van der Waals surface area contributed by atoms with E-state index in [1.165, 1.54) is 0 Å². The van der Waals surface area contributed by atoms with Gasteiger partial charge in [-0.1, -0.05) is 0 Å². The molecule has 0 saturated carbocycles. The quantitative estimate of drug-likeness (QED) is 0.760. The van der Waals surface area contributed by atoms with Crippen LogP contribution in [0, 0.1) is 20.8 Å². The highest BCUT2D eigenvalue weighted by molar-refractivity contribution is 7.92. The van der Waals surface area contributed by atoms with Gasteiger partial charge in [0.25, 0.3) is 10.0 Å². The van der Waals surface area contributed by atoms with Gasteiger partial charge in [-0.3, -0.25) is 4.72 Å². The Labute approximate surface area is 140 Å². The van der Waals surface area contributed by atoms with Crippen molar-refractivity contribution < 1.29 is 13.2 Å². The number of sulfonamides is 1. The Morgan fingerprint density at radius 1 is 1.08 bits per heavy atom. The highest BCUT2D eigenvalue weighted by Gasteiger charge is 2.19. The number of nitrogens with zero attached hydrogens (tertiary/aromatic N) is 1. The van der Waals surface area contributed by atoms with Gasteiger partial charge in [0, 0.05) is 0 Å². The number of hydrogen-bond donors (Lipinski definition) is 2. The van der Waals surface area contributed by atoms with Crippen molar-refractivity contribution in [3.8, 4) is 5.75 Å². The monoisotopic (exact) mass is 345 g/mol. The predicted octanol–water partition coefficient (Wildman–Crippen LogP) is 3.30. The predicted molar refractivity (Wildman–Crippen MR) is 94.1 cm³/mol. The molecule has 1 aromatic heterocycles. The van der Waals surface area contributed by atoms with Crippen LogP contribution in [0.15, 0.2) is 35.2 Å². The molecule has 0 aliphatic carbocycles. The molecule has 2 N–H and O–H groups in total. The lowest BCUT2D eigenvalue weighted by Crippen LogP contribution is -2.14. The highest BCUT2D eigenvalue weighted by atomic mass is 32.2. The third-order valence-electron chi connectivity index (χ3n) is 3.83. The number of ether oxygens (including phenoxy) is 1. The van der Waals surface area contributed by atoms with Crippen molar-refractivity contribution >= 4 is 26.7 Å². The molecule has 0 amide bonds. The van der Waals surface area contributed by atoms with E-state index in [9.17, 15) is 8.42 Å². The van der Waals surface area contributed by atoms with Crippen LogP contribution in [-0.4, -0.2) is 25.5 Å². The van der Waals surface area contributed by atoms with E-state index in [1.54, 1.807) is 44.4 Å². The van der Waals surface area contributed by atoms with Crippen LogP contribution in [0.2, 0.25) is 0 Å². The van der Waals surface area contributed by atoms with Crippen molar-refractivity contribution in [3.63, 3.8) is 0 Å². The minimum absolute atomic E-state index is 0.238. The largest absolute Gasteiger partial charge is 0.496 e. The molecule has 0 spiro atoms. The molecule has 0 radical (unpaired) electrons. The Kier molecular flexibility index (Phi) is 3.96. The third kappa shape index (κ3) is 2.94. The molecule has 0 bridgehead atoms. The number of aromatic amines is 1. The molecular formula is C17H19N3O3S. The fourth-order valence-corrected chi connectivity index (χ4v) is 4.05. The second-order valence-corrected chi connectivity index (χ2v) is 7.40. The van der Waals surface area contributed by atoms with Gasteiger partial charge in [0.15, 0.2) is 0 Å². The number of anilines is 1. The number of aromatic nitrogens is 2. The molecule has 1 heterocycles. The molecule has 0 atom stereocenters. The maximum absolute atomic E-state index is 12.7. The van der Waals surface area contributed by atoms with Gasteiger partial charge in [-0.2, -0.15) is 0 Å². The average Bonchev–Trinajstić information content (AvgIpc) is 2.88. The molecule has 126 valence electrons. The van der Waals surface area contributed by atoms with Gasteiger partial charge in [0.05, 0.1) is 28.7 Å². The number of fused-ring (bicyclic) bond motifs is 1. The molecule has 0 fully saturated rings. The van der Waals surface area contributed by atoms with Gasteiger partial charge in [0.2, 0.25) is 0 Å². The van der Waals surface area contributed by atoms with Crippen molar-refractivity contribution in [2.75, 3.05) is 11.8 Å². The van der Waals surface area contributed by atoms with Crippen LogP contribution in [-0.2, 0) is 10.0 Å². The lowest BCUT2D eigenvalue weighted by molar-refractivity contribution is 0.411. The number of methoxy groups -OCH3 is 1. The van der Waals surface area contributed by atoms with Gasteiger partial charge < -0.3 is 9.72 Å². The molecule has 0 unspecified atom stereocenters. The fourth-order valence-electron chi connectivity index (χ4n) is 2.68. The van der Waals surface area contributed by atoms with Gasteiger partial charge in [-0.05, 0) is 62.2 Å². The van der Waals surface area contributed by atoms with Crippen LogP contribution in [0.4, 0.5) is 5.69 Å². The average molecular weight is 345 g/mol. The molecule has 0 saturated heterocycles. The van der Waals surface area contributed by atoms with Crippen LogP contribution in [0.3, 0.4) is 0 Å². The van der Waals surface area contributed by atoms with Crippen molar-refractivity contribution in [2.24, 2.45) is 0 Å². The summed E-state index contributed by atoms with van der Waals surface area (Å²) in [4.78, 5) is 7.64. The Morgan fingerprint density at radius 3 is 2.54 bits per heavy atom. The summed E-state index contributed by atoms with van der Waals surface area (Å²) in [5.74, 6) is 1.45. The van der Waals surface area contributed by atoms with E-state index in [1.807, 2.05) is 13.8 Å². The fraction of sp³-hybridized carbons (Fsp3) is 0.235. The number of nitrogens with one attached hydrogen (secondary N) is 2. The topological polar surface area (TPSA) is 84.1 Å². The molecule has 0 aliphatic rings. The molecule has 0 aliphatic heterocycles. The zero-order valence-corrected chi connectivity index (χ0v) is 14.8. The lowest BCUT2D eigenvalue weighted by Gasteiger charge is -2.13. The number of aryl methyl sites for hydroxylation is 3. The molecule has 3 rings (SSSR count). The van der Waals surface area contributed by atoms with E-state index in [2.05, 4.69) is 14.7 Å². The number of hydrogen-bond acceptors (Lipinski definition) is 4. The summed E-state index contributed by atoms with van der Waals surface area (Å²) in [6.45, 7) is 5.42. The maximum atomic E-state index is 12.7. The van der Waals surface area contributed by atoms with Crippen LogP contribution < -0.4 is 9.46 Å². The van der Waals surface area contributed by atoms with Crippen LogP contribution >= 0.6 is 0 Å². The summed E-state index contributed by atoms with van der Waals surface area (Å²) in [5.41, 5.74) is 3.47. The van der Waals surface area contributed by atoms with Gasteiger partial charge in [-0.25, -0.2) is 13.4 Å². The van der Waals surface area contributed by atoms with Crippen LogP contribution in [0.25, 0.3) is 11.0 Å². The Bertz CT molecular complexity index is 1020. The van der Waals surface area contributed by atoms with Crippen molar-refractivity contribution in [3.05, 3.63) is 47.3 Å². The maximum Gasteiger partial charge on any atom is 0.262 e.